The van der Waals surface area contributed by atoms with Crippen LogP contribution in [0.15, 0.2) is 11.1 Å². The Balaban J connectivity index is 0. The number of unbranched alkanes of at least 4 members (excludes halogenated alkanes) is 3. The van der Waals surface area contributed by atoms with Gasteiger partial charge in [0.2, 0.25) is 0 Å². The Bertz CT molecular complexity index is 280. The van der Waals surface area contributed by atoms with Crippen molar-refractivity contribution in [2.75, 3.05) is 0 Å². The number of hydrogen-bond donors (Lipinski definition) is 0. The van der Waals surface area contributed by atoms with Gasteiger partial charge in [0.15, 0.2) is 11.6 Å². The van der Waals surface area contributed by atoms with Crippen LogP contribution in [0.3, 0.4) is 0 Å². The summed E-state index contributed by atoms with van der Waals surface area (Å²) in [7, 11) is 0. The molecule has 0 atom stereocenters. The molecule has 0 aromatic rings. The minimum Gasteiger partial charge on any atom is -0.294 e. The lowest BCUT2D eigenvalue weighted by molar-refractivity contribution is -0.121. The highest BCUT2D eigenvalue weighted by Gasteiger charge is 2.26. The van der Waals surface area contributed by atoms with Gasteiger partial charge in [0.05, 0.1) is 6.42 Å². The van der Waals surface area contributed by atoms with Gasteiger partial charge in [0.25, 0.3) is 0 Å². The van der Waals surface area contributed by atoms with Gasteiger partial charge in [-0.1, -0.05) is 40.0 Å². The van der Waals surface area contributed by atoms with Crippen molar-refractivity contribution in [1.29, 1.82) is 0 Å². The van der Waals surface area contributed by atoms with Gasteiger partial charge in [-0.15, -0.1) is 0 Å². The molecule has 0 fully saturated rings. The lowest BCUT2D eigenvalue weighted by Crippen LogP contribution is -1.97. The van der Waals surface area contributed by atoms with E-state index in [0.29, 0.717) is 5.57 Å². The average molecular weight is 226 g/mol. The van der Waals surface area contributed by atoms with E-state index in [-0.39, 0.29) is 19.4 Å². The fourth-order valence-corrected chi connectivity index (χ4v) is 1.82. The zero-order valence-electron chi connectivity index (χ0n) is 11.1. The number of allylic oxidation sites excluding steroid dienone is 2. The lowest BCUT2D eigenvalue weighted by Gasteiger charge is -2.01. The molecule has 0 aromatic carbocycles. The molecule has 1 rings (SSSR count). The number of carbonyl (C=O) groups is 2. The highest BCUT2D eigenvalue weighted by molar-refractivity contribution is 6.21. The second kappa shape index (κ2) is 8.26. The summed E-state index contributed by atoms with van der Waals surface area (Å²) in [5.41, 5.74) is 1.51. The van der Waals surface area contributed by atoms with Crippen LogP contribution in [0.25, 0.3) is 0 Å². The highest BCUT2D eigenvalue weighted by Crippen LogP contribution is 2.24. The molecule has 1 aliphatic carbocycles. The molecule has 0 radical (unpaired) electrons. The molecule has 0 bridgehead atoms. The van der Waals surface area contributed by atoms with E-state index in [2.05, 4.69) is 6.92 Å². The molecule has 0 aromatic heterocycles. The molecule has 2 heteroatoms. The summed E-state index contributed by atoms with van der Waals surface area (Å²) >= 11 is 0. The van der Waals surface area contributed by atoms with Crippen LogP contribution >= 0.6 is 0 Å². The van der Waals surface area contributed by atoms with Gasteiger partial charge >= 0.3 is 0 Å². The molecule has 0 unspecified atom stereocenters. The maximum absolute atomic E-state index is 11.4. The topological polar surface area (TPSA) is 34.1 Å². The molecule has 16 heavy (non-hydrogen) atoms. The molecule has 2 nitrogen and oxygen atoms in total. The predicted molar refractivity (Wildman–Crippen MR) is 69.6 cm³/mol. The molecule has 0 saturated heterocycles. The normalized spacial score (nSPS) is 15.2. The van der Waals surface area contributed by atoms with Gasteiger partial charge in [-0.3, -0.25) is 9.59 Å². The Hall–Kier alpha value is -0.920. The third-order valence-electron chi connectivity index (χ3n) is 2.81. The summed E-state index contributed by atoms with van der Waals surface area (Å²) in [4.78, 5) is 22.6. The molecular formula is C14H26O2. The average Bonchev–Trinajstić information content (AvgIpc) is 2.53. The van der Waals surface area contributed by atoms with Crippen molar-refractivity contribution in [3.63, 3.8) is 0 Å². The second-order valence-corrected chi connectivity index (χ2v) is 3.94. The van der Waals surface area contributed by atoms with E-state index in [1.54, 1.807) is 6.92 Å². The number of ketones is 2. The first-order valence-corrected chi connectivity index (χ1v) is 6.43. The van der Waals surface area contributed by atoms with E-state index in [9.17, 15) is 9.59 Å². The van der Waals surface area contributed by atoms with E-state index in [4.69, 9.17) is 0 Å². The fourth-order valence-electron chi connectivity index (χ4n) is 1.82. The highest BCUT2D eigenvalue weighted by atomic mass is 16.2. The minimum atomic E-state index is 0. The lowest BCUT2D eigenvalue weighted by atomic mass is 10.0. The Morgan fingerprint density at radius 2 is 1.69 bits per heavy atom. The summed E-state index contributed by atoms with van der Waals surface area (Å²) in [6.07, 6.45) is 5.54. The Morgan fingerprint density at radius 1 is 1.06 bits per heavy atom. The summed E-state index contributed by atoms with van der Waals surface area (Å²) < 4.78 is 0. The Kier molecular flexibility index (Phi) is 7.78. The standard InChI is InChI=1S/C12H18O2.C2H6.H2/c1-3-4-5-6-7-10-9(2)11(13)8-12(10)14;1-2;/h3-8H2,1-2H3;1-2H3;1H. The summed E-state index contributed by atoms with van der Waals surface area (Å²) in [6.45, 7) is 7.94. The maximum Gasteiger partial charge on any atom is 0.166 e. The molecule has 1 aliphatic rings. The van der Waals surface area contributed by atoms with E-state index >= 15 is 0 Å². The SMILES string of the molecule is CC.CCCCCCC1=C(C)C(=O)CC1=O.[HH]. The summed E-state index contributed by atoms with van der Waals surface area (Å²) in [5.74, 6) is 0.0875. The first-order valence-electron chi connectivity index (χ1n) is 6.43. The van der Waals surface area contributed by atoms with Crippen molar-refractivity contribution >= 4 is 11.6 Å². The molecule has 0 saturated carbocycles. The number of hydrogen-bond acceptors (Lipinski definition) is 2. The van der Waals surface area contributed by atoms with Crippen LogP contribution in [-0.2, 0) is 9.59 Å². The smallest absolute Gasteiger partial charge is 0.166 e. The minimum absolute atomic E-state index is 0. The van der Waals surface area contributed by atoms with Crippen molar-refractivity contribution < 1.29 is 11.0 Å². The van der Waals surface area contributed by atoms with E-state index in [1.807, 2.05) is 13.8 Å². The summed E-state index contributed by atoms with van der Waals surface area (Å²) in [6, 6.07) is 0. The maximum atomic E-state index is 11.4. The quantitative estimate of drug-likeness (QED) is 0.522. The Labute approximate surface area is 101 Å². The van der Waals surface area contributed by atoms with Crippen molar-refractivity contribution in [2.24, 2.45) is 0 Å². The number of Topliss-reactive ketones (excluding diaryl/α,β-unsaturated/α-hetero) is 2. The first kappa shape index (κ1) is 15.1. The molecule has 0 heterocycles. The van der Waals surface area contributed by atoms with E-state index < -0.39 is 0 Å². The largest absolute Gasteiger partial charge is 0.294 e. The molecule has 94 valence electrons. The van der Waals surface area contributed by atoms with Crippen LogP contribution in [0.2, 0.25) is 0 Å². The first-order chi connectivity index (χ1) is 7.66. The monoisotopic (exact) mass is 226 g/mol. The van der Waals surface area contributed by atoms with Crippen molar-refractivity contribution in [1.82, 2.24) is 0 Å². The van der Waals surface area contributed by atoms with Crippen LogP contribution in [0.5, 0.6) is 0 Å². The zero-order valence-corrected chi connectivity index (χ0v) is 11.1. The second-order valence-electron chi connectivity index (χ2n) is 3.94. The van der Waals surface area contributed by atoms with Gasteiger partial charge in [-0.25, -0.2) is 0 Å². The third kappa shape index (κ3) is 4.30. The van der Waals surface area contributed by atoms with Crippen LogP contribution in [-0.4, -0.2) is 11.6 Å². The van der Waals surface area contributed by atoms with Crippen molar-refractivity contribution in [2.45, 2.75) is 66.2 Å². The van der Waals surface area contributed by atoms with Gasteiger partial charge in [-0.2, -0.15) is 0 Å². The van der Waals surface area contributed by atoms with Crippen LogP contribution in [0.1, 0.15) is 67.6 Å². The molecule has 0 N–H and O–H groups in total. The van der Waals surface area contributed by atoms with Gasteiger partial charge < -0.3 is 0 Å². The third-order valence-corrected chi connectivity index (χ3v) is 2.81. The summed E-state index contributed by atoms with van der Waals surface area (Å²) in [5, 5.41) is 0. The molecule has 0 spiro atoms. The molecular weight excluding hydrogens is 200 g/mol. The fraction of sp³-hybridized carbons (Fsp3) is 0.714. The Morgan fingerprint density at radius 3 is 2.12 bits per heavy atom. The molecule has 0 amide bonds. The number of rotatable bonds is 5. The zero-order chi connectivity index (χ0) is 12.6. The van der Waals surface area contributed by atoms with Gasteiger partial charge in [0.1, 0.15) is 0 Å². The molecule has 0 aliphatic heterocycles. The van der Waals surface area contributed by atoms with Gasteiger partial charge in [-0.05, 0) is 25.3 Å². The van der Waals surface area contributed by atoms with Crippen LogP contribution in [0, 0.1) is 0 Å². The van der Waals surface area contributed by atoms with Crippen LogP contribution < -0.4 is 0 Å². The van der Waals surface area contributed by atoms with Crippen molar-refractivity contribution in [3.8, 4) is 0 Å². The van der Waals surface area contributed by atoms with Crippen molar-refractivity contribution in [3.05, 3.63) is 11.1 Å². The van der Waals surface area contributed by atoms with E-state index in [1.165, 1.54) is 12.8 Å². The number of carbonyl (C=O) groups excluding carboxylic acids is 2. The van der Waals surface area contributed by atoms with E-state index in [0.717, 1.165) is 24.8 Å². The predicted octanol–water partition coefficient (Wildman–Crippen LogP) is 4.09. The van der Waals surface area contributed by atoms with Gasteiger partial charge in [0, 0.05) is 7.00 Å². The van der Waals surface area contributed by atoms with Crippen LogP contribution in [0.4, 0.5) is 0 Å².